The van der Waals surface area contributed by atoms with Crippen molar-refractivity contribution in [1.29, 1.82) is 0 Å². The van der Waals surface area contributed by atoms with Gasteiger partial charge >= 0.3 is 0 Å². The van der Waals surface area contributed by atoms with Gasteiger partial charge in [0.25, 0.3) is 0 Å². The molecule has 0 spiro atoms. The lowest BCUT2D eigenvalue weighted by molar-refractivity contribution is 0.178. The Bertz CT molecular complexity index is 431. The molecule has 0 aliphatic heterocycles. The summed E-state index contributed by atoms with van der Waals surface area (Å²) in [6.45, 7) is 2.05. The van der Waals surface area contributed by atoms with Crippen LogP contribution in [0.1, 0.15) is 22.8 Å². The third-order valence-corrected chi connectivity index (χ3v) is 2.73. The molecule has 2 aromatic rings. The molecule has 0 aliphatic rings. The van der Waals surface area contributed by atoms with E-state index in [1.54, 1.807) is 0 Å². The van der Waals surface area contributed by atoms with Crippen LogP contribution in [0.2, 0.25) is 0 Å². The van der Waals surface area contributed by atoms with Crippen LogP contribution in [0.3, 0.4) is 0 Å². The number of benzene rings is 2. The molecule has 0 saturated heterocycles. The highest BCUT2D eigenvalue weighted by atomic mass is 16.3. The fourth-order valence-corrected chi connectivity index (χ4v) is 1.74. The summed E-state index contributed by atoms with van der Waals surface area (Å²) in [4.78, 5) is 0. The van der Waals surface area contributed by atoms with Gasteiger partial charge in [0.05, 0.1) is 6.10 Å². The Labute approximate surface area is 96.4 Å². The summed E-state index contributed by atoms with van der Waals surface area (Å²) >= 11 is 0. The number of aliphatic hydroxyl groups is 1. The van der Waals surface area contributed by atoms with Crippen molar-refractivity contribution in [3.63, 3.8) is 0 Å². The topological polar surface area (TPSA) is 20.2 Å². The highest BCUT2D eigenvalue weighted by Crippen LogP contribution is 2.18. The maximum Gasteiger partial charge on any atom is 0.0830 e. The normalized spacial score (nSPS) is 12.4. The second-order valence-corrected chi connectivity index (χ2v) is 4.12. The standard InChI is InChI=1S/C15H16O/c1-12-7-9-14(10-8-12)15(16)11-13-5-3-2-4-6-13/h2-10,15-16H,11H2,1H3/t15-/m0/s1. The number of hydrogen-bond donors (Lipinski definition) is 1. The molecule has 0 saturated carbocycles. The Balaban J connectivity index is 2.09. The largest absolute Gasteiger partial charge is 0.388 e. The SMILES string of the molecule is Cc1ccc([C@@H](O)Cc2ccccc2)cc1. The fourth-order valence-electron chi connectivity index (χ4n) is 1.74. The van der Waals surface area contributed by atoms with Gasteiger partial charge in [0.15, 0.2) is 0 Å². The minimum absolute atomic E-state index is 0.414. The molecule has 16 heavy (non-hydrogen) atoms. The molecule has 2 rings (SSSR count). The number of aryl methyl sites for hydroxylation is 1. The lowest BCUT2D eigenvalue weighted by Crippen LogP contribution is -2.01. The first kappa shape index (κ1) is 10.9. The molecule has 0 heterocycles. The van der Waals surface area contributed by atoms with Crippen molar-refractivity contribution in [3.05, 3.63) is 71.3 Å². The molecule has 0 unspecified atom stereocenters. The molecule has 2 aromatic carbocycles. The van der Waals surface area contributed by atoms with Gasteiger partial charge in [-0.2, -0.15) is 0 Å². The van der Waals surface area contributed by atoms with Crippen molar-refractivity contribution >= 4 is 0 Å². The van der Waals surface area contributed by atoms with Crippen LogP contribution in [-0.4, -0.2) is 5.11 Å². The molecule has 0 bridgehead atoms. The smallest absolute Gasteiger partial charge is 0.0830 e. The van der Waals surface area contributed by atoms with Crippen molar-refractivity contribution in [2.45, 2.75) is 19.4 Å². The summed E-state index contributed by atoms with van der Waals surface area (Å²) in [5.41, 5.74) is 3.36. The number of rotatable bonds is 3. The zero-order chi connectivity index (χ0) is 11.4. The fraction of sp³-hybridized carbons (Fsp3) is 0.200. The van der Waals surface area contributed by atoms with E-state index in [0.717, 1.165) is 11.1 Å². The maximum atomic E-state index is 10.1. The quantitative estimate of drug-likeness (QED) is 0.827. The van der Waals surface area contributed by atoms with Gasteiger partial charge in [0.1, 0.15) is 0 Å². The highest BCUT2D eigenvalue weighted by Gasteiger charge is 2.07. The van der Waals surface area contributed by atoms with E-state index in [4.69, 9.17) is 0 Å². The lowest BCUT2D eigenvalue weighted by atomic mass is 10.0. The molecule has 0 radical (unpaired) electrons. The molecular weight excluding hydrogens is 196 g/mol. The molecule has 0 aliphatic carbocycles. The van der Waals surface area contributed by atoms with Crippen molar-refractivity contribution in [1.82, 2.24) is 0 Å². The van der Waals surface area contributed by atoms with E-state index >= 15 is 0 Å². The average molecular weight is 212 g/mol. The lowest BCUT2D eigenvalue weighted by Gasteiger charge is -2.11. The van der Waals surface area contributed by atoms with Crippen LogP contribution in [0.25, 0.3) is 0 Å². The summed E-state index contributed by atoms with van der Waals surface area (Å²) in [6, 6.07) is 18.1. The zero-order valence-corrected chi connectivity index (χ0v) is 9.43. The van der Waals surface area contributed by atoms with Gasteiger partial charge in [0, 0.05) is 6.42 Å². The highest BCUT2D eigenvalue weighted by molar-refractivity contribution is 5.25. The third-order valence-electron chi connectivity index (χ3n) is 2.73. The molecule has 1 atom stereocenters. The van der Waals surface area contributed by atoms with Crippen LogP contribution in [0, 0.1) is 6.92 Å². The van der Waals surface area contributed by atoms with E-state index in [2.05, 4.69) is 0 Å². The maximum absolute atomic E-state index is 10.1. The Morgan fingerprint density at radius 3 is 2.19 bits per heavy atom. The van der Waals surface area contributed by atoms with E-state index < -0.39 is 6.10 Å². The molecule has 1 nitrogen and oxygen atoms in total. The predicted octanol–water partition coefficient (Wildman–Crippen LogP) is 3.27. The summed E-state index contributed by atoms with van der Waals surface area (Å²) in [6.07, 6.45) is 0.257. The zero-order valence-electron chi connectivity index (χ0n) is 9.43. The van der Waals surface area contributed by atoms with E-state index in [1.807, 2.05) is 61.5 Å². The van der Waals surface area contributed by atoms with E-state index in [1.165, 1.54) is 5.56 Å². The predicted molar refractivity (Wildman–Crippen MR) is 66.3 cm³/mol. The Morgan fingerprint density at radius 2 is 1.56 bits per heavy atom. The van der Waals surface area contributed by atoms with E-state index in [-0.39, 0.29) is 0 Å². The molecule has 0 aromatic heterocycles. The van der Waals surface area contributed by atoms with Crippen LogP contribution in [0.5, 0.6) is 0 Å². The monoisotopic (exact) mass is 212 g/mol. The third kappa shape index (κ3) is 2.71. The van der Waals surface area contributed by atoms with Gasteiger partial charge in [0.2, 0.25) is 0 Å². The van der Waals surface area contributed by atoms with Crippen molar-refractivity contribution in [2.75, 3.05) is 0 Å². The molecular formula is C15H16O. The second kappa shape index (κ2) is 4.95. The van der Waals surface area contributed by atoms with Gasteiger partial charge in [-0.1, -0.05) is 60.2 Å². The summed E-state index contributed by atoms with van der Waals surface area (Å²) < 4.78 is 0. The van der Waals surface area contributed by atoms with Crippen molar-refractivity contribution < 1.29 is 5.11 Å². The van der Waals surface area contributed by atoms with Gasteiger partial charge < -0.3 is 5.11 Å². The summed E-state index contributed by atoms with van der Waals surface area (Å²) in [5.74, 6) is 0. The summed E-state index contributed by atoms with van der Waals surface area (Å²) in [5, 5.41) is 10.1. The van der Waals surface area contributed by atoms with Crippen LogP contribution in [-0.2, 0) is 6.42 Å². The second-order valence-electron chi connectivity index (χ2n) is 4.12. The molecule has 1 N–H and O–H groups in total. The average Bonchev–Trinajstić information content (AvgIpc) is 2.31. The van der Waals surface area contributed by atoms with E-state index in [9.17, 15) is 5.11 Å². The molecule has 0 fully saturated rings. The molecule has 0 amide bonds. The van der Waals surface area contributed by atoms with E-state index in [0.29, 0.717) is 6.42 Å². The van der Waals surface area contributed by atoms with Gasteiger partial charge in [-0.3, -0.25) is 0 Å². The van der Waals surface area contributed by atoms with Gasteiger partial charge in [-0.25, -0.2) is 0 Å². The number of aliphatic hydroxyl groups excluding tert-OH is 1. The van der Waals surface area contributed by atoms with Crippen molar-refractivity contribution in [3.8, 4) is 0 Å². The van der Waals surface area contributed by atoms with Crippen molar-refractivity contribution in [2.24, 2.45) is 0 Å². The van der Waals surface area contributed by atoms with Gasteiger partial charge in [-0.15, -0.1) is 0 Å². The first-order chi connectivity index (χ1) is 7.75. The Morgan fingerprint density at radius 1 is 0.938 bits per heavy atom. The minimum atomic E-state index is -0.414. The first-order valence-electron chi connectivity index (χ1n) is 5.54. The minimum Gasteiger partial charge on any atom is -0.388 e. The number of hydrogen-bond acceptors (Lipinski definition) is 1. The Hall–Kier alpha value is -1.60. The molecule has 1 heteroatoms. The van der Waals surface area contributed by atoms with Gasteiger partial charge in [-0.05, 0) is 18.1 Å². The molecule has 82 valence electrons. The summed E-state index contributed by atoms with van der Waals surface area (Å²) in [7, 11) is 0. The van der Waals surface area contributed by atoms with Crippen LogP contribution in [0.15, 0.2) is 54.6 Å². The van der Waals surface area contributed by atoms with Crippen LogP contribution < -0.4 is 0 Å². The van der Waals surface area contributed by atoms with Crippen LogP contribution >= 0.6 is 0 Å². The Kier molecular flexibility index (Phi) is 3.37. The van der Waals surface area contributed by atoms with Crippen LogP contribution in [0.4, 0.5) is 0 Å². The first-order valence-corrected chi connectivity index (χ1v) is 5.54.